The zero-order chi connectivity index (χ0) is 21.6. The van der Waals surface area contributed by atoms with E-state index in [0.717, 1.165) is 42.0 Å². The number of hydrogen-bond acceptors (Lipinski definition) is 4. The lowest BCUT2D eigenvalue weighted by Gasteiger charge is -2.15. The van der Waals surface area contributed by atoms with Crippen LogP contribution in [-0.4, -0.2) is 43.7 Å². The molecule has 4 rings (SSSR count). The van der Waals surface area contributed by atoms with Gasteiger partial charge in [0.2, 0.25) is 0 Å². The van der Waals surface area contributed by atoms with Crippen molar-refractivity contribution in [1.82, 2.24) is 14.5 Å². The van der Waals surface area contributed by atoms with E-state index in [1.54, 1.807) is 0 Å². The second kappa shape index (κ2) is 7.65. The van der Waals surface area contributed by atoms with Gasteiger partial charge in [0.05, 0.1) is 5.69 Å². The van der Waals surface area contributed by atoms with Gasteiger partial charge in [0, 0.05) is 42.3 Å². The van der Waals surface area contributed by atoms with E-state index in [9.17, 15) is 19.8 Å². The quantitative estimate of drug-likeness (QED) is 0.600. The average Bonchev–Trinajstić information content (AvgIpc) is 3.24. The van der Waals surface area contributed by atoms with Gasteiger partial charge in [-0.2, -0.15) is 0 Å². The van der Waals surface area contributed by atoms with Gasteiger partial charge in [-0.25, -0.2) is 4.79 Å². The molecule has 2 aromatic heterocycles. The van der Waals surface area contributed by atoms with Crippen molar-refractivity contribution in [3.63, 3.8) is 0 Å². The number of hydrogen-bond donors (Lipinski definition) is 3. The number of aromatic hydroxyl groups is 1. The van der Waals surface area contributed by atoms with E-state index < -0.39 is 22.8 Å². The molecule has 0 aliphatic carbocycles. The standard InChI is InChI=1S/C23H27N3O4/c1-4-17-20(24-22(28)19(21(17)27)23(29)30)14-5-6-18-15(9-14)10-16(25(18)3)12-26-8-7-13(2)11-26/h5-6,9-10,13H,4,7-8,11-12H2,1-3H3,(H,29,30)(H2,24,27,28)/t13-/m1/s1. The summed E-state index contributed by atoms with van der Waals surface area (Å²) in [7, 11) is 2.06. The summed E-state index contributed by atoms with van der Waals surface area (Å²) in [6, 6.07) is 8.04. The number of likely N-dealkylation sites (tertiary alicyclic amines) is 1. The maximum Gasteiger partial charge on any atom is 0.345 e. The molecule has 0 bridgehead atoms. The molecule has 0 amide bonds. The lowest BCUT2D eigenvalue weighted by molar-refractivity contribution is 0.0691. The molecule has 7 heteroatoms. The number of nitrogens with zero attached hydrogens (tertiary/aromatic N) is 2. The number of H-pyrrole nitrogens is 1. The molecular weight excluding hydrogens is 382 g/mol. The molecule has 1 fully saturated rings. The minimum absolute atomic E-state index is 0.392. The second-order valence-electron chi connectivity index (χ2n) is 8.29. The molecule has 0 spiro atoms. The number of carboxylic acid groups (broad SMARTS) is 1. The fraction of sp³-hybridized carbons (Fsp3) is 0.391. The SMILES string of the molecule is CCc1c(-c2ccc3c(c2)cc(CN2CC[C@@H](C)C2)n3C)[nH]c(=O)c(C(=O)O)c1O. The van der Waals surface area contributed by atoms with E-state index in [0.29, 0.717) is 17.7 Å². The Morgan fingerprint density at radius 2 is 2.07 bits per heavy atom. The van der Waals surface area contributed by atoms with Gasteiger partial charge in [0.1, 0.15) is 5.75 Å². The normalized spacial score (nSPS) is 17.1. The van der Waals surface area contributed by atoms with Crippen LogP contribution in [0.2, 0.25) is 0 Å². The predicted octanol–water partition coefficient (Wildman–Crippen LogP) is 3.34. The summed E-state index contributed by atoms with van der Waals surface area (Å²) in [5.74, 6) is -1.16. The third-order valence-electron chi connectivity index (χ3n) is 6.18. The first-order valence-corrected chi connectivity index (χ1v) is 10.3. The van der Waals surface area contributed by atoms with Gasteiger partial charge in [-0.05, 0) is 49.1 Å². The van der Waals surface area contributed by atoms with Crippen LogP contribution in [0.1, 0.15) is 41.9 Å². The average molecular weight is 409 g/mol. The number of carboxylic acids is 1. The van der Waals surface area contributed by atoms with Gasteiger partial charge in [-0.15, -0.1) is 0 Å². The number of rotatable bonds is 5. The van der Waals surface area contributed by atoms with Gasteiger partial charge < -0.3 is 19.8 Å². The second-order valence-corrected chi connectivity index (χ2v) is 8.29. The van der Waals surface area contributed by atoms with Crippen molar-refractivity contribution >= 4 is 16.9 Å². The Hall–Kier alpha value is -3.06. The highest BCUT2D eigenvalue weighted by Gasteiger charge is 2.23. The molecule has 1 aliphatic heterocycles. The number of aromatic nitrogens is 2. The lowest BCUT2D eigenvalue weighted by atomic mass is 9.99. The topological polar surface area (TPSA) is 98.6 Å². The van der Waals surface area contributed by atoms with Crippen molar-refractivity contribution in [2.45, 2.75) is 33.2 Å². The molecule has 3 N–H and O–H groups in total. The van der Waals surface area contributed by atoms with Crippen LogP contribution in [-0.2, 0) is 20.0 Å². The van der Waals surface area contributed by atoms with Gasteiger partial charge in [0.15, 0.2) is 5.56 Å². The number of nitrogens with one attached hydrogen (secondary N) is 1. The summed E-state index contributed by atoms with van der Waals surface area (Å²) in [6.07, 6.45) is 1.63. The highest BCUT2D eigenvalue weighted by atomic mass is 16.4. The summed E-state index contributed by atoms with van der Waals surface area (Å²) in [5, 5.41) is 20.7. The molecule has 7 nitrogen and oxygen atoms in total. The van der Waals surface area contributed by atoms with Crippen LogP contribution >= 0.6 is 0 Å². The molecule has 158 valence electrons. The van der Waals surface area contributed by atoms with Crippen LogP contribution in [0.4, 0.5) is 0 Å². The minimum Gasteiger partial charge on any atom is -0.506 e. The third-order valence-corrected chi connectivity index (χ3v) is 6.18. The molecular formula is C23H27N3O4. The molecule has 1 saturated heterocycles. The molecule has 1 atom stereocenters. The number of pyridine rings is 1. The molecule has 30 heavy (non-hydrogen) atoms. The molecule has 0 unspecified atom stereocenters. The number of aryl methyl sites for hydroxylation is 1. The van der Waals surface area contributed by atoms with Crippen molar-refractivity contribution in [3.8, 4) is 17.0 Å². The van der Waals surface area contributed by atoms with Crippen LogP contribution in [0.15, 0.2) is 29.1 Å². The van der Waals surface area contributed by atoms with Gasteiger partial charge in [-0.1, -0.05) is 19.9 Å². The van der Waals surface area contributed by atoms with Crippen molar-refractivity contribution in [2.75, 3.05) is 13.1 Å². The molecule has 3 heterocycles. The monoisotopic (exact) mass is 409 g/mol. The maximum absolute atomic E-state index is 12.3. The van der Waals surface area contributed by atoms with Gasteiger partial charge >= 0.3 is 5.97 Å². The maximum atomic E-state index is 12.3. The van der Waals surface area contributed by atoms with Crippen molar-refractivity contribution in [1.29, 1.82) is 0 Å². The van der Waals surface area contributed by atoms with Crippen molar-refractivity contribution in [2.24, 2.45) is 13.0 Å². The summed E-state index contributed by atoms with van der Waals surface area (Å²) < 4.78 is 2.19. The minimum atomic E-state index is -1.44. The summed E-state index contributed by atoms with van der Waals surface area (Å²) in [4.78, 5) is 28.8. The van der Waals surface area contributed by atoms with Crippen LogP contribution in [0.3, 0.4) is 0 Å². The highest BCUT2D eigenvalue weighted by molar-refractivity contribution is 5.92. The van der Waals surface area contributed by atoms with Crippen molar-refractivity contribution < 1.29 is 15.0 Å². The zero-order valence-electron chi connectivity index (χ0n) is 17.5. The number of fused-ring (bicyclic) bond motifs is 1. The van der Waals surface area contributed by atoms with Crippen LogP contribution in [0, 0.1) is 5.92 Å². The molecule has 0 saturated carbocycles. The van der Waals surface area contributed by atoms with Gasteiger partial charge in [0.25, 0.3) is 5.56 Å². The Morgan fingerprint density at radius 1 is 1.30 bits per heavy atom. The van der Waals surface area contributed by atoms with E-state index in [1.165, 1.54) is 12.1 Å². The summed E-state index contributed by atoms with van der Waals surface area (Å²) in [5.41, 5.74) is 2.54. The first-order chi connectivity index (χ1) is 14.3. The van der Waals surface area contributed by atoms with E-state index in [1.807, 2.05) is 25.1 Å². The fourth-order valence-electron chi connectivity index (χ4n) is 4.53. The van der Waals surface area contributed by atoms with E-state index in [-0.39, 0.29) is 0 Å². The van der Waals surface area contributed by atoms with Gasteiger partial charge in [-0.3, -0.25) is 9.69 Å². The lowest BCUT2D eigenvalue weighted by Crippen LogP contribution is -2.21. The molecule has 0 radical (unpaired) electrons. The predicted molar refractivity (Wildman–Crippen MR) is 116 cm³/mol. The molecule has 1 aliphatic rings. The fourth-order valence-corrected chi connectivity index (χ4v) is 4.53. The summed E-state index contributed by atoms with van der Waals surface area (Å²) in [6.45, 7) is 7.23. The Bertz CT molecular complexity index is 1190. The Balaban J connectivity index is 1.77. The Kier molecular flexibility index (Phi) is 5.15. The number of benzene rings is 1. The van der Waals surface area contributed by atoms with Crippen molar-refractivity contribution in [3.05, 3.63) is 51.4 Å². The Morgan fingerprint density at radius 3 is 2.70 bits per heavy atom. The smallest absolute Gasteiger partial charge is 0.345 e. The number of aromatic amines is 1. The molecule has 1 aromatic carbocycles. The van der Waals surface area contributed by atoms with E-state index in [4.69, 9.17) is 0 Å². The number of carbonyl (C=O) groups is 1. The first kappa shape index (κ1) is 20.2. The highest BCUT2D eigenvalue weighted by Crippen LogP contribution is 2.32. The first-order valence-electron chi connectivity index (χ1n) is 10.3. The van der Waals surface area contributed by atoms with E-state index >= 15 is 0 Å². The number of aromatic carboxylic acids is 1. The zero-order valence-corrected chi connectivity index (χ0v) is 17.5. The molecule has 3 aromatic rings. The third kappa shape index (κ3) is 3.39. The van der Waals surface area contributed by atoms with E-state index in [2.05, 4.69) is 34.5 Å². The van der Waals surface area contributed by atoms with Crippen LogP contribution in [0.25, 0.3) is 22.2 Å². The van der Waals surface area contributed by atoms with Crippen LogP contribution in [0.5, 0.6) is 5.75 Å². The Labute approximate surface area is 174 Å². The summed E-state index contributed by atoms with van der Waals surface area (Å²) >= 11 is 0. The largest absolute Gasteiger partial charge is 0.506 e. The van der Waals surface area contributed by atoms with Crippen LogP contribution < -0.4 is 5.56 Å².